The molecule has 3 aromatic rings. The van der Waals surface area contributed by atoms with Crippen molar-refractivity contribution in [2.24, 2.45) is 5.10 Å². The van der Waals surface area contributed by atoms with Crippen LogP contribution in [0.4, 0.5) is 0 Å². The topological polar surface area (TPSA) is 67.8 Å². The van der Waals surface area contributed by atoms with Crippen molar-refractivity contribution in [1.29, 1.82) is 0 Å². The van der Waals surface area contributed by atoms with Crippen molar-refractivity contribution in [3.8, 4) is 5.75 Å². The molecule has 3 aromatic carbocycles. The number of hydrazone groups is 1. The molecule has 0 radical (unpaired) electrons. The Kier molecular flexibility index (Phi) is 7.41. The summed E-state index contributed by atoms with van der Waals surface area (Å²) in [6.45, 7) is 2.13. The Balaban J connectivity index is 1.70. The predicted octanol–water partition coefficient (Wildman–Crippen LogP) is 5.96. The minimum atomic E-state index is -3.75. The van der Waals surface area contributed by atoms with E-state index in [9.17, 15) is 8.42 Å². The molecule has 0 heterocycles. The molecule has 156 valence electrons. The Morgan fingerprint density at radius 3 is 2.43 bits per heavy atom. The van der Waals surface area contributed by atoms with Gasteiger partial charge in [0.1, 0.15) is 6.61 Å². The molecule has 0 aliphatic carbocycles. The number of nitrogens with one attached hydrogen (secondary N) is 1. The fourth-order valence-electron chi connectivity index (χ4n) is 2.50. The average Bonchev–Trinajstić information content (AvgIpc) is 2.69. The van der Waals surface area contributed by atoms with Crippen LogP contribution in [0.3, 0.4) is 0 Å². The zero-order valence-electron chi connectivity index (χ0n) is 15.8. The maximum Gasteiger partial charge on any atom is 0.276 e. The predicted molar refractivity (Wildman–Crippen MR) is 124 cm³/mol. The molecule has 0 aliphatic heterocycles. The van der Waals surface area contributed by atoms with Crippen molar-refractivity contribution in [3.05, 3.63) is 91.9 Å². The third-order valence-electron chi connectivity index (χ3n) is 4.07. The van der Waals surface area contributed by atoms with E-state index in [4.69, 9.17) is 27.9 Å². The van der Waals surface area contributed by atoms with Crippen molar-refractivity contribution in [2.75, 3.05) is 0 Å². The molecule has 0 fully saturated rings. The van der Waals surface area contributed by atoms with Gasteiger partial charge in [0.05, 0.1) is 20.6 Å². The summed E-state index contributed by atoms with van der Waals surface area (Å²) in [5, 5.41) is 4.78. The highest BCUT2D eigenvalue weighted by molar-refractivity contribution is 9.10. The first-order chi connectivity index (χ1) is 14.3. The number of hydrogen-bond acceptors (Lipinski definition) is 4. The van der Waals surface area contributed by atoms with Gasteiger partial charge in [-0.15, -0.1) is 0 Å². The third kappa shape index (κ3) is 5.76. The molecule has 9 heteroatoms. The molecule has 1 N–H and O–H groups in total. The van der Waals surface area contributed by atoms with Crippen LogP contribution in [0.15, 0.2) is 75.1 Å². The van der Waals surface area contributed by atoms with Crippen LogP contribution in [0.2, 0.25) is 10.0 Å². The number of nitrogens with zero attached hydrogens (tertiary/aromatic N) is 1. The first kappa shape index (κ1) is 22.6. The van der Waals surface area contributed by atoms with E-state index in [0.29, 0.717) is 25.8 Å². The minimum absolute atomic E-state index is 0.132. The van der Waals surface area contributed by atoms with Gasteiger partial charge in [-0.25, -0.2) is 4.83 Å². The Morgan fingerprint density at radius 2 is 1.77 bits per heavy atom. The Hall–Kier alpha value is -2.06. The van der Waals surface area contributed by atoms with Crippen LogP contribution in [0.5, 0.6) is 5.75 Å². The van der Waals surface area contributed by atoms with Crippen LogP contribution in [-0.2, 0) is 16.6 Å². The molecule has 0 saturated heterocycles. The highest BCUT2D eigenvalue weighted by Gasteiger charge is 2.13. The summed E-state index contributed by atoms with van der Waals surface area (Å²) in [5.74, 6) is 0.453. The summed E-state index contributed by atoms with van der Waals surface area (Å²) in [4.78, 5) is 2.32. The lowest BCUT2D eigenvalue weighted by Crippen LogP contribution is -2.18. The second kappa shape index (κ2) is 9.83. The van der Waals surface area contributed by atoms with E-state index in [1.54, 1.807) is 30.3 Å². The lowest BCUT2D eigenvalue weighted by atomic mass is 10.2. The molecular formula is C21H17BrCl2N2O3S. The second-order valence-electron chi connectivity index (χ2n) is 6.36. The number of benzene rings is 3. The van der Waals surface area contributed by atoms with Gasteiger partial charge in [0.2, 0.25) is 0 Å². The highest BCUT2D eigenvalue weighted by Crippen LogP contribution is 2.35. The van der Waals surface area contributed by atoms with E-state index in [2.05, 4.69) is 25.9 Å². The summed E-state index contributed by atoms with van der Waals surface area (Å²) >= 11 is 15.9. The van der Waals surface area contributed by atoms with Gasteiger partial charge in [0, 0.05) is 10.6 Å². The van der Waals surface area contributed by atoms with Gasteiger partial charge in [-0.3, -0.25) is 0 Å². The van der Waals surface area contributed by atoms with Crippen molar-refractivity contribution in [3.63, 3.8) is 0 Å². The molecule has 0 aromatic heterocycles. The van der Waals surface area contributed by atoms with Gasteiger partial charge in [-0.1, -0.05) is 59.1 Å². The summed E-state index contributed by atoms with van der Waals surface area (Å²) in [5.41, 5.74) is 2.38. The lowest BCUT2D eigenvalue weighted by molar-refractivity contribution is 0.304. The van der Waals surface area contributed by atoms with Gasteiger partial charge in [0.15, 0.2) is 5.75 Å². The van der Waals surface area contributed by atoms with Gasteiger partial charge < -0.3 is 4.74 Å². The first-order valence-corrected chi connectivity index (χ1v) is 11.8. The average molecular weight is 528 g/mol. The van der Waals surface area contributed by atoms with Gasteiger partial charge in [-0.05, 0) is 58.7 Å². The summed E-state index contributed by atoms with van der Waals surface area (Å²) in [6, 6.07) is 17.2. The number of hydrogen-bond donors (Lipinski definition) is 1. The summed E-state index contributed by atoms with van der Waals surface area (Å²) in [7, 11) is -3.75. The van der Waals surface area contributed by atoms with Crippen LogP contribution >= 0.6 is 39.1 Å². The molecule has 0 amide bonds. The molecule has 3 rings (SSSR count). The van der Waals surface area contributed by atoms with Crippen LogP contribution in [-0.4, -0.2) is 14.6 Å². The quantitative estimate of drug-likeness (QED) is 0.304. The molecule has 0 aliphatic rings. The third-order valence-corrected chi connectivity index (χ3v) is 6.55. The molecular weight excluding hydrogens is 511 g/mol. The van der Waals surface area contributed by atoms with Crippen LogP contribution in [0.25, 0.3) is 0 Å². The van der Waals surface area contributed by atoms with E-state index < -0.39 is 10.0 Å². The minimum Gasteiger partial charge on any atom is -0.486 e. The molecule has 0 bridgehead atoms. The maximum atomic E-state index is 12.3. The van der Waals surface area contributed by atoms with Crippen molar-refractivity contribution in [2.45, 2.75) is 18.4 Å². The fraction of sp³-hybridized carbons (Fsp3) is 0.0952. The number of sulfonamides is 1. The number of rotatable bonds is 7. The van der Waals surface area contributed by atoms with E-state index in [0.717, 1.165) is 11.1 Å². The maximum absolute atomic E-state index is 12.3. The molecule has 0 unspecified atom stereocenters. The number of ether oxygens (including phenoxy) is 1. The van der Waals surface area contributed by atoms with E-state index >= 15 is 0 Å². The normalized spacial score (nSPS) is 11.6. The number of aryl methyl sites for hydroxylation is 1. The van der Waals surface area contributed by atoms with Gasteiger partial charge >= 0.3 is 0 Å². The van der Waals surface area contributed by atoms with Crippen LogP contribution < -0.4 is 9.57 Å². The Morgan fingerprint density at radius 1 is 1.07 bits per heavy atom. The molecule has 0 spiro atoms. The summed E-state index contributed by atoms with van der Waals surface area (Å²) in [6.07, 6.45) is 1.36. The van der Waals surface area contributed by atoms with Crippen LogP contribution in [0, 0.1) is 6.92 Å². The zero-order valence-corrected chi connectivity index (χ0v) is 19.7. The Bertz CT molecular complexity index is 1160. The smallest absolute Gasteiger partial charge is 0.276 e. The largest absolute Gasteiger partial charge is 0.486 e. The fourth-order valence-corrected chi connectivity index (χ4v) is 4.47. The standard InChI is InChI=1S/C21H17BrCl2N2O3S/c1-14-6-8-17(9-7-14)30(27,28)26-25-12-15-10-18(22)21(20(24)11-15)29-13-16-4-2-3-5-19(16)23/h2-12,26H,13H2,1H3/b25-12-. The van der Waals surface area contributed by atoms with Gasteiger partial charge in [-0.2, -0.15) is 13.5 Å². The van der Waals surface area contributed by atoms with Crippen molar-refractivity contribution in [1.82, 2.24) is 4.83 Å². The van der Waals surface area contributed by atoms with Crippen molar-refractivity contribution >= 4 is 55.4 Å². The van der Waals surface area contributed by atoms with Crippen molar-refractivity contribution < 1.29 is 13.2 Å². The SMILES string of the molecule is Cc1ccc(S(=O)(=O)N/N=C\c2cc(Cl)c(OCc3ccccc3Cl)c(Br)c2)cc1. The monoisotopic (exact) mass is 526 g/mol. The van der Waals surface area contributed by atoms with Gasteiger partial charge in [0.25, 0.3) is 10.0 Å². The highest BCUT2D eigenvalue weighted by atomic mass is 79.9. The molecule has 30 heavy (non-hydrogen) atoms. The zero-order chi connectivity index (χ0) is 21.7. The number of halogens is 3. The summed E-state index contributed by atoms with van der Waals surface area (Å²) < 4.78 is 31.0. The lowest BCUT2D eigenvalue weighted by Gasteiger charge is -2.12. The van der Waals surface area contributed by atoms with E-state index in [-0.39, 0.29) is 11.5 Å². The molecule has 0 saturated carbocycles. The molecule has 0 atom stereocenters. The van der Waals surface area contributed by atoms with Crippen LogP contribution in [0.1, 0.15) is 16.7 Å². The van der Waals surface area contributed by atoms with E-state index in [1.807, 2.05) is 25.1 Å². The molecule has 5 nitrogen and oxygen atoms in total. The Labute approximate surface area is 193 Å². The second-order valence-corrected chi connectivity index (χ2v) is 9.69. The first-order valence-electron chi connectivity index (χ1n) is 8.73. The van der Waals surface area contributed by atoms with E-state index in [1.165, 1.54) is 18.3 Å².